The highest BCUT2D eigenvalue weighted by atomic mass is 35.5. The molecule has 0 aromatic heterocycles. The van der Waals surface area contributed by atoms with Crippen molar-refractivity contribution in [1.29, 1.82) is 0 Å². The Morgan fingerprint density at radius 1 is 1.18 bits per heavy atom. The number of halogens is 1. The number of amidine groups is 1. The number of rotatable bonds is 4. The van der Waals surface area contributed by atoms with Crippen LogP contribution in [0, 0.1) is 0 Å². The fraction of sp³-hybridized carbons (Fsp3) is 0.150. The van der Waals surface area contributed by atoms with Gasteiger partial charge in [0.2, 0.25) is 0 Å². The topological polar surface area (TPSA) is 68.2 Å². The van der Waals surface area contributed by atoms with Crippen LogP contribution in [0.4, 0.5) is 5.69 Å². The summed E-state index contributed by atoms with van der Waals surface area (Å²) < 4.78 is 35.8. The number of allylic oxidation sites excluding steroid dienone is 2. The van der Waals surface area contributed by atoms with E-state index in [4.69, 9.17) is 20.5 Å². The van der Waals surface area contributed by atoms with Gasteiger partial charge in [0.1, 0.15) is 16.3 Å². The first kappa shape index (κ1) is 18.6. The summed E-state index contributed by atoms with van der Waals surface area (Å²) in [5.41, 5.74) is 1.47. The third-order valence-corrected chi connectivity index (χ3v) is 5.91. The molecular weight excluding hydrogens is 400 g/mol. The summed E-state index contributed by atoms with van der Waals surface area (Å²) in [4.78, 5) is 6.38. The molecule has 6 nitrogen and oxygen atoms in total. The molecule has 0 unspecified atom stereocenters. The standard InChI is InChI=1S/C20H17ClN2O4S/c1-26-16-7-4-14(5-8-16)10-12-23-11-2-3-19-20(23)22-17-13-15(21)6-9-18(17)27-28(19,24)25/h2-9,11,13H,10,12H2,1H3. The maximum absolute atomic E-state index is 12.7. The Bertz CT molecular complexity index is 1110. The van der Waals surface area contributed by atoms with Gasteiger partial charge in [0.25, 0.3) is 0 Å². The SMILES string of the molecule is COc1ccc(CCN2C=CC=C3C2=Nc2cc(Cl)ccc2OS3(=O)=O)cc1. The van der Waals surface area contributed by atoms with Gasteiger partial charge in [-0.1, -0.05) is 23.7 Å². The number of hydrogen-bond acceptors (Lipinski definition) is 6. The van der Waals surface area contributed by atoms with Gasteiger partial charge in [-0.3, -0.25) is 0 Å². The van der Waals surface area contributed by atoms with E-state index in [1.807, 2.05) is 24.3 Å². The van der Waals surface area contributed by atoms with E-state index >= 15 is 0 Å². The van der Waals surface area contributed by atoms with Crippen LogP contribution in [0.25, 0.3) is 0 Å². The Hall–Kier alpha value is -2.77. The maximum atomic E-state index is 12.7. The predicted molar refractivity (Wildman–Crippen MR) is 109 cm³/mol. The van der Waals surface area contributed by atoms with Crippen LogP contribution < -0.4 is 8.92 Å². The molecule has 28 heavy (non-hydrogen) atoms. The van der Waals surface area contributed by atoms with Crippen molar-refractivity contribution in [2.75, 3.05) is 13.7 Å². The van der Waals surface area contributed by atoms with E-state index in [9.17, 15) is 8.42 Å². The zero-order valence-corrected chi connectivity index (χ0v) is 16.6. The van der Waals surface area contributed by atoms with Gasteiger partial charge in [0.05, 0.1) is 7.11 Å². The Balaban J connectivity index is 1.66. The van der Waals surface area contributed by atoms with E-state index in [0.29, 0.717) is 29.5 Å². The molecule has 0 aliphatic carbocycles. The minimum absolute atomic E-state index is 0.0250. The van der Waals surface area contributed by atoms with E-state index in [1.165, 1.54) is 12.1 Å². The van der Waals surface area contributed by atoms with Gasteiger partial charge in [-0.05, 0) is 54.5 Å². The lowest BCUT2D eigenvalue weighted by Crippen LogP contribution is -2.34. The largest absolute Gasteiger partial charge is 0.497 e. The molecule has 8 heteroatoms. The van der Waals surface area contributed by atoms with Crippen molar-refractivity contribution < 1.29 is 17.3 Å². The Kier molecular flexibility index (Phi) is 4.87. The molecule has 2 heterocycles. The molecule has 0 saturated carbocycles. The molecule has 2 aromatic rings. The molecule has 0 fully saturated rings. The van der Waals surface area contributed by atoms with Crippen molar-refractivity contribution in [3.63, 3.8) is 0 Å². The molecular formula is C20H17ClN2O4S. The lowest BCUT2D eigenvalue weighted by molar-refractivity contribution is 0.414. The summed E-state index contributed by atoms with van der Waals surface area (Å²) in [5.74, 6) is 1.26. The van der Waals surface area contributed by atoms with Gasteiger partial charge in [-0.25, -0.2) is 4.99 Å². The van der Waals surface area contributed by atoms with Crippen LogP contribution in [-0.4, -0.2) is 32.8 Å². The van der Waals surface area contributed by atoms with Crippen molar-refractivity contribution in [3.05, 3.63) is 76.3 Å². The highest BCUT2D eigenvalue weighted by molar-refractivity contribution is 7.92. The number of benzene rings is 2. The quantitative estimate of drug-likeness (QED) is 0.703. The number of nitrogens with zero attached hydrogens (tertiary/aromatic N) is 2. The molecule has 0 radical (unpaired) electrons. The lowest BCUT2D eigenvalue weighted by atomic mass is 10.1. The molecule has 0 spiro atoms. The molecule has 144 valence electrons. The van der Waals surface area contributed by atoms with Crippen LogP contribution >= 0.6 is 11.6 Å². The molecule has 0 bridgehead atoms. The van der Waals surface area contributed by atoms with Crippen LogP contribution in [0.5, 0.6) is 11.5 Å². The molecule has 2 aliphatic heterocycles. The average molecular weight is 417 g/mol. The highest BCUT2D eigenvalue weighted by Gasteiger charge is 2.33. The van der Waals surface area contributed by atoms with E-state index in [-0.39, 0.29) is 10.7 Å². The van der Waals surface area contributed by atoms with Crippen molar-refractivity contribution in [3.8, 4) is 11.5 Å². The normalized spacial score (nSPS) is 16.9. The maximum Gasteiger partial charge on any atom is 0.343 e. The average Bonchev–Trinajstić information content (AvgIpc) is 2.80. The third kappa shape index (κ3) is 3.63. The summed E-state index contributed by atoms with van der Waals surface area (Å²) in [6.45, 7) is 0.546. The number of methoxy groups -OCH3 is 1. The fourth-order valence-corrected chi connectivity index (χ4v) is 4.25. The second-order valence-corrected chi connectivity index (χ2v) is 8.20. The first-order valence-corrected chi connectivity index (χ1v) is 10.4. The monoisotopic (exact) mass is 416 g/mol. The van der Waals surface area contributed by atoms with Crippen LogP contribution in [0.15, 0.2) is 70.7 Å². The second-order valence-electron chi connectivity index (χ2n) is 6.25. The fourth-order valence-electron chi connectivity index (χ4n) is 2.98. The number of ether oxygens (including phenoxy) is 1. The van der Waals surface area contributed by atoms with E-state index < -0.39 is 10.1 Å². The molecule has 0 atom stereocenters. The second kappa shape index (κ2) is 7.33. The summed E-state index contributed by atoms with van der Waals surface area (Å²) in [5, 5.41) is 0.452. The number of aliphatic imine (C=N–C) groups is 1. The van der Waals surface area contributed by atoms with Crippen LogP contribution in [0.2, 0.25) is 5.02 Å². The molecule has 0 saturated heterocycles. The Morgan fingerprint density at radius 2 is 1.96 bits per heavy atom. The van der Waals surface area contributed by atoms with Gasteiger partial charge in [-0.15, -0.1) is 0 Å². The lowest BCUT2D eigenvalue weighted by Gasteiger charge is -2.25. The summed E-state index contributed by atoms with van der Waals surface area (Å²) >= 11 is 6.05. The smallest absolute Gasteiger partial charge is 0.343 e. The van der Waals surface area contributed by atoms with Crippen molar-refractivity contribution in [1.82, 2.24) is 4.90 Å². The number of hydrogen-bond donors (Lipinski definition) is 0. The van der Waals surface area contributed by atoms with Gasteiger partial charge in [0.15, 0.2) is 11.6 Å². The summed E-state index contributed by atoms with van der Waals surface area (Å²) in [7, 11) is -2.37. The Labute approximate surface area is 168 Å². The molecule has 0 amide bonds. The first-order chi connectivity index (χ1) is 13.5. The van der Waals surface area contributed by atoms with Gasteiger partial charge in [-0.2, -0.15) is 8.42 Å². The van der Waals surface area contributed by atoms with Crippen LogP contribution in [-0.2, 0) is 16.5 Å². The minimum Gasteiger partial charge on any atom is -0.497 e. The zero-order chi connectivity index (χ0) is 19.7. The molecule has 0 N–H and O–H groups in total. The van der Waals surface area contributed by atoms with Gasteiger partial charge < -0.3 is 13.8 Å². The predicted octanol–water partition coefficient (Wildman–Crippen LogP) is 4.06. The molecule has 2 aromatic carbocycles. The summed E-state index contributed by atoms with van der Waals surface area (Å²) in [6.07, 6.45) is 5.67. The molecule has 4 rings (SSSR count). The highest BCUT2D eigenvalue weighted by Crippen LogP contribution is 2.37. The van der Waals surface area contributed by atoms with Crippen molar-refractivity contribution >= 4 is 33.2 Å². The number of fused-ring (bicyclic) bond motifs is 2. The van der Waals surface area contributed by atoms with Crippen molar-refractivity contribution in [2.45, 2.75) is 6.42 Å². The van der Waals surface area contributed by atoms with E-state index in [1.54, 1.807) is 36.4 Å². The third-order valence-electron chi connectivity index (χ3n) is 4.42. The zero-order valence-electron chi connectivity index (χ0n) is 15.0. The first-order valence-electron chi connectivity index (χ1n) is 8.57. The van der Waals surface area contributed by atoms with Crippen LogP contribution in [0.3, 0.4) is 0 Å². The van der Waals surface area contributed by atoms with Gasteiger partial charge >= 0.3 is 10.1 Å². The Morgan fingerprint density at radius 3 is 2.71 bits per heavy atom. The minimum atomic E-state index is -3.99. The van der Waals surface area contributed by atoms with E-state index in [0.717, 1.165) is 11.3 Å². The van der Waals surface area contributed by atoms with Crippen molar-refractivity contribution in [2.24, 2.45) is 4.99 Å². The molecule has 2 aliphatic rings. The summed E-state index contributed by atoms with van der Waals surface area (Å²) in [6, 6.07) is 12.4. The van der Waals surface area contributed by atoms with Crippen LogP contribution in [0.1, 0.15) is 5.56 Å². The van der Waals surface area contributed by atoms with E-state index in [2.05, 4.69) is 4.99 Å². The van der Waals surface area contributed by atoms with Gasteiger partial charge in [0, 0.05) is 17.8 Å².